The summed E-state index contributed by atoms with van der Waals surface area (Å²) in [5, 5.41) is 6.76. The van der Waals surface area contributed by atoms with E-state index in [4.69, 9.17) is 27.9 Å². The molecule has 1 aliphatic heterocycles. The maximum absolute atomic E-state index is 16.1. The predicted molar refractivity (Wildman–Crippen MR) is 165 cm³/mol. The van der Waals surface area contributed by atoms with E-state index in [0.29, 0.717) is 34.2 Å². The number of hydrogen-bond acceptors (Lipinski definition) is 5. The van der Waals surface area contributed by atoms with Gasteiger partial charge < -0.3 is 29.7 Å². The Morgan fingerprint density at radius 1 is 1.07 bits per heavy atom. The second-order valence-corrected chi connectivity index (χ2v) is 12.6. The molecule has 6 rings (SSSR count). The molecule has 228 valence electrons. The summed E-state index contributed by atoms with van der Waals surface area (Å²) in [6.07, 6.45) is 5.26. The quantitative estimate of drug-likeness (QED) is 0.360. The molecule has 2 aliphatic carbocycles. The van der Waals surface area contributed by atoms with Gasteiger partial charge in [-0.2, -0.15) is 0 Å². The highest BCUT2D eigenvalue weighted by molar-refractivity contribution is 6.35. The van der Waals surface area contributed by atoms with Crippen molar-refractivity contribution in [2.75, 3.05) is 25.1 Å². The monoisotopic (exact) mass is 629 g/mol. The number of piperazine rings is 1. The second kappa shape index (κ2) is 11.5. The van der Waals surface area contributed by atoms with Crippen LogP contribution < -0.4 is 25.7 Å². The van der Waals surface area contributed by atoms with E-state index in [1.807, 2.05) is 28.2 Å². The van der Waals surface area contributed by atoms with Crippen LogP contribution in [0.15, 0.2) is 35.3 Å². The molecule has 3 aromatic rings. The topological polar surface area (TPSA) is 95.9 Å². The van der Waals surface area contributed by atoms with Crippen LogP contribution in [0.2, 0.25) is 10.0 Å². The van der Waals surface area contributed by atoms with E-state index in [9.17, 15) is 14.4 Å². The first-order valence-corrected chi connectivity index (χ1v) is 15.3. The van der Waals surface area contributed by atoms with Crippen molar-refractivity contribution in [1.29, 1.82) is 0 Å². The number of nitrogens with one attached hydrogen (secondary N) is 2. The highest BCUT2D eigenvalue weighted by Gasteiger charge is 2.38. The Morgan fingerprint density at radius 3 is 2.37 bits per heavy atom. The SMILES string of the molecule is COc1c(N2C[C@@H](C)N(C(=O)NC3CC3)[C@@H](C)C2)c(F)cc2c(=O)c(C(=O)NCc3ccc(Cl)cc3Cl)cn(C3CC3)c12. The molecule has 0 bridgehead atoms. The van der Waals surface area contributed by atoms with Gasteiger partial charge in [0.2, 0.25) is 5.43 Å². The fourth-order valence-electron chi connectivity index (χ4n) is 6.05. The van der Waals surface area contributed by atoms with Gasteiger partial charge in [0, 0.05) is 60.0 Å². The van der Waals surface area contributed by atoms with Crippen LogP contribution in [-0.2, 0) is 6.54 Å². The average Bonchev–Trinajstić information content (AvgIpc) is 3.88. The number of aromatic nitrogens is 1. The molecule has 3 aliphatic rings. The minimum Gasteiger partial charge on any atom is -0.492 e. The summed E-state index contributed by atoms with van der Waals surface area (Å²) in [7, 11) is 1.46. The van der Waals surface area contributed by atoms with Crippen LogP contribution in [0.25, 0.3) is 10.9 Å². The molecule has 2 N–H and O–H groups in total. The van der Waals surface area contributed by atoms with Gasteiger partial charge >= 0.3 is 6.03 Å². The van der Waals surface area contributed by atoms with Crippen molar-refractivity contribution in [3.05, 3.63) is 67.7 Å². The fraction of sp³-hybridized carbons (Fsp3) is 0.452. The third-order valence-electron chi connectivity index (χ3n) is 8.42. The second-order valence-electron chi connectivity index (χ2n) is 11.8. The highest BCUT2D eigenvalue weighted by atomic mass is 35.5. The van der Waals surface area contributed by atoms with Crippen molar-refractivity contribution in [2.24, 2.45) is 0 Å². The molecule has 1 aromatic heterocycles. The lowest BCUT2D eigenvalue weighted by atomic mass is 10.0. The number of nitrogens with zero attached hydrogens (tertiary/aromatic N) is 3. The molecule has 1 saturated heterocycles. The summed E-state index contributed by atoms with van der Waals surface area (Å²) in [6.45, 7) is 4.77. The summed E-state index contributed by atoms with van der Waals surface area (Å²) >= 11 is 12.2. The largest absolute Gasteiger partial charge is 0.492 e. The molecule has 2 aromatic carbocycles. The van der Waals surface area contributed by atoms with E-state index in [1.165, 1.54) is 13.2 Å². The Kier molecular flexibility index (Phi) is 7.93. The summed E-state index contributed by atoms with van der Waals surface area (Å²) < 4.78 is 23.8. The standard InChI is InChI=1S/C31H34Cl2FN5O4/c1-16-13-37(14-17(2)39(16)31(42)36-20-6-7-20)27-25(34)11-22-26(29(27)43-3)38(21-8-9-21)15-23(28(22)40)30(41)35-12-18-4-5-19(32)10-24(18)33/h4-5,10-11,15-17,20-21H,6-9,12-14H2,1-3H3,(H,35,41)(H,36,42)/t16-,17+. The molecule has 2 heterocycles. The number of ether oxygens (including phenoxy) is 1. The number of anilines is 1. The summed E-state index contributed by atoms with van der Waals surface area (Å²) in [5.41, 5.74) is 0.681. The molecule has 3 fully saturated rings. The van der Waals surface area contributed by atoms with E-state index in [0.717, 1.165) is 25.7 Å². The number of carbonyl (C=O) groups is 2. The van der Waals surface area contributed by atoms with E-state index in [1.54, 1.807) is 24.4 Å². The van der Waals surface area contributed by atoms with Crippen LogP contribution in [0.5, 0.6) is 5.75 Å². The normalized spacial score (nSPS) is 20.3. The molecule has 2 atom stereocenters. The van der Waals surface area contributed by atoms with Gasteiger partial charge in [-0.05, 0) is 63.3 Å². The Hall–Kier alpha value is -3.50. The molecule has 0 radical (unpaired) electrons. The molecular formula is C31H34Cl2FN5O4. The van der Waals surface area contributed by atoms with Crippen molar-refractivity contribution in [3.8, 4) is 5.75 Å². The maximum Gasteiger partial charge on any atom is 0.318 e. The van der Waals surface area contributed by atoms with Crippen LogP contribution in [0.4, 0.5) is 14.9 Å². The predicted octanol–water partition coefficient (Wildman–Crippen LogP) is 5.49. The van der Waals surface area contributed by atoms with E-state index in [2.05, 4.69) is 10.6 Å². The van der Waals surface area contributed by atoms with Crippen molar-refractivity contribution < 1.29 is 18.7 Å². The summed E-state index contributed by atoms with van der Waals surface area (Å²) in [6, 6.07) is 5.98. The lowest BCUT2D eigenvalue weighted by molar-refractivity contribution is 0.0949. The lowest BCUT2D eigenvalue weighted by Gasteiger charge is -2.45. The first kappa shape index (κ1) is 29.6. The first-order valence-electron chi connectivity index (χ1n) is 14.6. The van der Waals surface area contributed by atoms with Crippen molar-refractivity contribution in [1.82, 2.24) is 20.1 Å². The highest BCUT2D eigenvalue weighted by Crippen LogP contribution is 2.44. The number of halogens is 3. The van der Waals surface area contributed by atoms with Gasteiger partial charge in [-0.1, -0.05) is 29.3 Å². The number of methoxy groups -OCH3 is 1. The van der Waals surface area contributed by atoms with Crippen molar-refractivity contribution in [2.45, 2.75) is 70.2 Å². The third kappa shape index (κ3) is 5.74. The number of fused-ring (bicyclic) bond motifs is 1. The number of amides is 3. The van der Waals surface area contributed by atoms with Crippen LogP contribution in [0.3, 0.4) is 0 Å². The zero-order valence-electron chi connectivity index (χ0n) is 24.3. The van der Waals surface area contributed by atoms with Gasteiger partial charge in [-0.15, -0.1) is 0 Å². The molecule has 43 heavy (non-hydrogen) atoms. The minimum atomic E-state index is -0.621. The molecule has 3 amide bonds. The number of rotatable bonds is 7. The van der Waals surface area contributed by atoms with E-state index < -0.39 is 17.2 Å². The zero-order chi connectivity index (χ0) is 30.6. The zero-order valence-corrected chi connectivity index (χ0v) is 25.8. The van der Waals surface area contributed by atoms with Gasteiger partial charge in [-0.3, -0.25) is 9.59 Å². The number of carbonyl (C=O) groups excluding carboxylic acids is 2. The van der Waals surface area contributed by atoms with Crippen LogP contribution in [-0.4, -0.2) is 59.7 Å². The van der Waals surface area contributed by atoms with Crippen LogP contribution in [0.1, 0.15) is 61.5 Å². The summed E-state index contributed by atoms with van der Waals surface area (Å²) in [5.74, 6) is -0.960. The van der Waals surface area contributed by atoms with Gasteiger partial charge in [0.05, 0.1) is 18.0 Å². The lowest BCUT2D eigenvalue weighted by Crippen LogP contribution is -2.61. The molecular weight excluding hydrogens is 596 g/mol. The third-order valence-corrected chi connectivity index (χ3v) is 9.00. The van der Waals surface area contributed by atoms with Gasteiger partial charge in [0.1, 0.15) is 11.3 Å². The Bertz CT molecular complexity index is 1660. The number of pyridine rings is 1. The Labute approximate surface area is 258 Å². The molecule has 2 saturated carbocycles. The first-order chi connectivity index (χ1) is 20.6. The van der Waals surface area contributed by atoms with E-state index >= 15 is 4.39 Å². The Balaban J connectivity index is 1.35. The van der Waals surface area contributed by atoms with Crippen LogP contribution >= 0.6 is 23.2 Å². The smallest absolute Gasteiger partial charge is 0.318 e. The van der Waals surface area contributed by atoms with Gasteiger partial charge in [0.15, 0.2) is 11.6 Å². The maximum atomic E-state index is 16.1. The van der Waals surface area contributed by atoms with Crippen molar-refractivity contribution >= 4 is 51.7 Å². The molecule has 12 heteroatoms. The van der Waals surface area contributed by atoms with Gasteiger partial charge in [-0.25, -0.2) is 9.18 Å². The van der Waals surface area contributed by atoms with E-state index in [-0.39, 0.29) is 59.1 Å². The number of benzene rings is 2. The minimum absolute atomic E-state index is 0.0494. The number of urea groups is 1. The molecule has 0 spiro atoms. The average molecular weight is 631 g/mol. The summed E-state index contributed by atoms with van der Waals surface area (Å²) in [4.78, 5) is 43.6. The van der Waals surface area contributed by atoms with Crippen LogP contribution in [0, 0.1) is 5.82 Å². The molecule has 9 nitrogen and oxygen atoms in total. The Morgan fingerprint density at radius 2 is 1.77 bits per heavy atom. The van der Waals surface area contributed by atoms with Gasteiger partial charge in [0.25, 0.3) is 5.91 Å². The molecule has 0 unspecified atom stereocenters. The van der Waals surface area contributed by atoms with Crippen molar-refractivity contribution in [3.63, 3.8) is 0 Å². The fourth-order valence-corrected chi connectivity index (χ4v) is 6.53. The number of hydrogen-bond donors (Lipinski definition) is 2.